The summed E-state index contributed by atoms with van der Waals surface area (Å²) in [7, 11) is 0. The number of carbonyl (C=O) groups excluding carboxylic acids is 1. The number of carbonyl (C=O) groups is 1. The van der Waals surface area contributed by atoms with Crippen molar-refractivity contribution in [2.75, 3.05) is 6.79 Å². The summed E-state index contributed by atoms with van der Waals surface area (Å²) in [5.41, 5.74) is 1.36. The lowest BCUT2D eigenvalue weighted by Gasteiger charge is -2.06. The summed E-state index contributed by atoms with van der Waals surface area (Å²) in [6.07, 6.45) is 6.48. The minimum absolute atomic E-state index is 0.116. The molecule has 1 fully saturated rings. The fraction of sp³-hybridized carbons (Fsp3) is 0.375. The summed E-state index contributed by atoms with van der Waals surface area (Å²) in [6, 6.07) is 5.62. The summed E-state index contributed by atoms with van der Waals surface area (Å²) in [6.45, 7) is 0.250. The Labute approximate surface area is 122 Å². The number of hydrogen-bond donors (Lipinski definition) is 1. The first-order valence-electron chi connectivity index (χ1n) is 7.31. The van der Waals surface area contributed by atoms with Crippen molar-refractivity contribution in [1.82, 2.24) is 5.32 Å². The minimum Gasteiger partial charge on any atom is -0.454 e. The highest BCUT2D eigenvalue weighted by molar-refractivity contribution is 6.15. The Hall–Kier alpha value is -2.30. The van der Waals surface area contributed by atoms with Gasteiger partial charge in [-0.25, -0.2) is 4.99 Å². The molecule has 0 unspecified atom stereocenters. The van der Waals surface area contributed by atoms with E-state index in [0.717, 1.165) is 30.0 Å². The molecular formula is C16H16N2O3. The van der Waals surface area contributed by atoms with E-state index < -0.39 is 0 Å². The number of aliphatic imine (C=N–C) groups is 1. The highest BCUT2D eigenvalue weighted by Gasteiger charge is 2.28. The number of ether oxygens (including phenoxy) is 2. The molecule has 3 aliphatic rings. The van der Waals surface area contributed by atoms with E-state index in [1.807, 2.05) is 18.2 Å². The number of nitrogens with one attached hydrogen (secondary N) is 1. The third-order valence-corrected chi connectivity index (χ3v) is 4.16. The van der Waals surface area contributed by atoms with Crippen LogP contribution in [0, 0.1) is 5.92 Å². The van der Waals surface area contributed by atoms with Crippen molar-refractivity contribution in [2.24, 2.45) is 10.9 Å². The van der Waals surface area contributed by atoms with Crippen LogP contribution in [0.15, 0.2) is 28.9 Å². The van der Waals surface area contributed by atoms with Crippen molar-refractivity contribution in [1.29, 1.82) is 0 Å². The number of amidine groups is 1. The maximum Gasteiger partial charge on any atom is 0.275 e. The number of hydrogen-bond acceptors (Lipinski definition) is 4. The Bertz CT molecular complexity index is 657. The van der Waals surface area contributed by atoms with Crippen LogP contribution in [0.25, 0.3) is 6.08 Å². The molecule has 5 nitrogen and oxygen atoms in total. The van der Waals surface area contributed by atoms with E-state index in [-0.39, 0.29) is 12.7 Å². The topological polar surface area (TPSA) is 59.9 Å². The van der Waals surface area contributed by atoms with E-state index in [1.165, 1.54) is 12.8 Å². The molecule has 0 aromatic heterocycles. The minimum atomic E-state index is -0.116. The third-order valence-electron chi connectivity index (χ3n) is 4.16. The second-order valence-corrected chi connectivity index (χ2v) is 5.57. The molecule has 1 N–H and O–H groups in total. The Kier molecular flexibility index (Phi) is 2.91. The molecule has 0 spiro atoms. The van der Waals surface area contributed by atoms with Crippen molar-refractivity contribution in [2.45, 2.75) is 25.7 Å². The zero-order valence-electron chi connectivity index (χ0n) is 11.6. The monoisotopic (exact) mass is 284 g/mol. The zero-order valence-corrected chi connectivity index (χ0v) is 11.6. The van der Waals surface area contributed by atoms with Crippen molar-refractivity contribution in [3.63, 3.8) is 0 Å². The molecule has 0 atom stereocenters. The van der Waals surface area contributed by atoms with Gasteiger partial charge in [-0.3, -0.25) is 4.79 Å². The van der Waals surface area contributed by atoms with Crippen LogP contribution in [0.1, 0.15) is 31.2 Å². The van der Waals surface area contributed by atoms with Crippen LogP contribution in [0.5, 0.6) is 11.5 Å². The molecule has 1 aromatic rings. The van der Waals surface area contributed by atoms with E-state index >= 15 is 0 Å². The first-order chi connectivity index (χ1) is 10.3. The fourth-order valence-electron chi connectivity index (χ4n) is 3.04. The molecule has 108 valence electrons. The van der Waals surface area contributed by atoms with Gasteiger partial charge in [0.1, 0.15) is 11.5 Å². The molecule has 21 heavy (non-hydrogen) atoms. The number of amides is 1. The molecule has 1 saturated carbocycles. The Morgan fingerprint density at radius 3 is 2.86 bits per heavy atom. The van der Waals surface area contributed by atoms with Gasteiger partial charge in [0.2, 0.25) is 6.79 Å². The Balaban J connectivity index is 1.61. The number of fused-ring (bicyclic) bond motifs is 1. The lowest BCUT2D eigenvalue weighted by atomic mass is 10.1. The lowest BCUT2D eigenvalue weighted by molar-refractivity contribution is -0.115. The SMILES string of the molecule is O=C1NC(C2CCCC2)=N/C1=C/c1ccc2c(c1)OCO2. The van der Waals surface area contributed by atoms with Crippen LogP contribution in [-0.4, -0.2) is 18.5 Å². The molecule has 4 rings (SSSR count). The van der Waals surface area contributed by atoms with E-state index in [4.69, 9.17) is 9.47 Å². The summed E-state index contributed by atoms with van der Waals surface area (Å²) in [5.74, 6) is 2.58. The first kappa shape index (κ1) is 12.4. The van der Waals surface area contributed by atoms with E-state index in [0.29, 0.717) is 17.4 Å². The second-order valence-electron chi connectivity index (χ2n) is 5.57. The number of benzene rings is 1. The van der Waals surface area contributed by atoms with Gasteiger partial charge in [0.05, 0.1) is 0 Å². The van der Waals surface area contributed by atoms with E-state index in [9.17, 15) is 4.79 Å². The molecule has 2 heterocycles. The Morgan fingerprint density at radius 2 is 2.00 bits per heavy atom. The van der Waals surface area contributed by atoms with Gasteiger partial charge in [-0.2, -0.15) is 0 Å². The molecule has 0 radical (unpaired) electrons. The molecule has 2 aliphatic heterocycles. The number of nitrogens with zero attached hydrogens (tertiary/aromatic N) is 1. The van der Waals surface area contributed by atoms with Gasteiger partial charge in [-0.15, -0.1) is 0 Å². The molecule has 1 aliphatic carbocycles. The second kappa shape index (κ2) is 4.91. The summed E-state index contributed by atoms with van der Waals surface area (Å²) >= 11 is 0. The average molecular weight is 284 g/mol. The summed E-state index contributed by atoms with van der Waals surface area (Å²) in [4.78, 5) is 16.5. The van der Waals surface area contributed by atoms with Crippen LogP contribution in [0.3, 0.4) is 0 Å². The van der Waals surface area contributed by atoms with Gasteiger partial charge in [-0.05, 0) is 36.6 Å². The largest absolute Gasteiger partial charge is 0.454 e. The molecule has 1 amide bonds. The standard InChI is InChI=1S/C16H16N2O3/c19-16-12(17-15(18-16)11-3-1-2-4-11)7-10-5-6-13-14(8-10)21-9-20-13/h5-8,11H,1-4,9H2,(H,17,18,19)/b12-7+. The van der Waals surface area contributed by atoms with Crippen molar-refractivity contribution in [3.8, 4) is 11.5 Å². The predicted octanol–water partition coefficient (Wildman–Crippen LogP) is 2.47. The maximum absolute atomic E-state index is 12.0. The van der Waals surface area contributed by atoms with E-state index in [2.05, 4.69) is 10.3 Å². The van der Waals surface area contributed by atoms with Gasteiger partial charge in [0.25, 0.3) is 5.91 Å². The van der Waals surface area contributed by atoms with Crippen LogP contribution < -0.4 is 14.8 Å². The van der Waals surface area contributed by atoms with Gasteiger partial charge >= 0.3 is 0 Å². The smallest absolute Gasteiger partial charge is 0.275 e. The summed E-state index contributed by atoms with van der Waals surface area (Å²) in [5, 5.41) is 2.91. The predicted molar refractivity (Wildman–Crippen MR) is 78.1 cm³/mol. The lowest BCUT2D eigenvalue weighted by Crippen LogP contribution is -2.29. The Morgan fingerprint density at radius 1 is 1.19 bits per heavy atom. The first-order valence-corrected chi connectivity index (χ1v) is 7.31. The van der Waals surface area contributed by atoms with Crippen LogP contribution in [-0.2, 0) is 4.79 Å². The van der Waals surface area contributed by atoms with Crippen molar-refractivity contribution in [3.05, 3.63) is 29.5 Å². The fourth-order valence-corrected chi connectivity index (χ4v) is 3.04. The van der Waals surface area contributed by atoms with Crippen LogP contribution in [0.2, 0.25) is 0 Å². The van der Waals surface area contributed by atoms with Crippen LogP contribution in [0.4, 0.5) is 0 Å². The van der Waals surface area contributed by atoms with Crippen molar-refractivity contribution >= 4 is 17.8 Å². The quantitative estimate of drug-likeness (QED) is 0.849. The average Bonchev–Trinajstić information content (AvgIpc) is 3.20. The van der Waals surface area contributed by atoms with Gasteiger partial charge in [0, 0.05) is 5.92 Å². The molecule has 5 heteroatoms. The van der Waals surface area contributed by atoms with Crippen LogP contribution >= 0.6 is 0 Å². The van der Waals surface area contributed by atoms with Crippen molar-refractivity contribution < 1.29 is 14.3 Å². The number of rotatable bonds is 2. The van der Waals surface area contributed by atoms with Gasteiger partial charge in [-0.1, -0.05) is 18.9 Å². The molecule has 0 saturated heterocycles. The molecule has 0 bridgehead atoms. The third kappa shape index (κ3) is 2.28. The van der Waals surface area contributed by atoms with E-state index in [1.54, 1.807) is 6.08 Å². The zero-order chi connectivity index (χ0) is 14.2. The normalized spacial score (nSPS) is 22.8. The maximum atomic E-state index is 12.0. The highest BCUT2D eigenvalue weighted by atomic mass is 16.7. The molecule has 1 aromatic carbocycles. The molecular weight excluding hydrogens is 268 g/mol. The summed E-state index contributed by atoms with van der Waals surface area (Å²) < 4.78 is 10.6. The highest BCUT2D eigenvalue weighted by Crippen LogP contribution is 2.33. The van der Waals surface area contributed by atoms with Gasteiger partial charge in [0.15, 0.2) is 11.5 Å². The van der Waals surface area contributed by atoms with Gasteiger partial charge < -0.3 is 14.8 Å².